The molecule has 7 heteroatoms. The van der Waals surface area contributed by atoms with Gasteiger partial charge in [-0.2, -0.15) is 0 Å². The van der Waals surface area contributed by atoms with E-state index in [0.29, 0.717) is 24.5 Å². The van der Waals surface area contributed by atoms with E-state index in [9.17, 15) is 0 Å². The number of likely N-dealkylation sites (tertiary alicyclic amines) is 1. The van der Waals surface area contributed by atoms with Gasteiger partial charge in [0.2, 0.25) is 5.89 Å². The summed E-state index contributed by atoms with van der Waals surface area (Å²) < 4.78 is 5.58. The Kier molecular flexibility index (Phi) is 8.32. The maximum absolute atomic E-state index is 5.58. The van der Waals surface area contributed by atoms with E-state index >= 15 is 0 Å². The van der Waals surface area contributed by atoms with Crippen LogP contribution in [0.15, 0.2) is 9.41 Å². The molecule has 132 valence electrons. The van der Waals surface area contributed by atoms with E-state index in [1.807, 2.05) is 13.8 Å². The molecule has 0 radical (unpaired) electrons. The normalized spacial score (nSPS) is 17.2. The van der Waals surface area contributed by atoms with Gasteiger partial charge in [-0.05, 0) is 40.5 Å². The summed E-state index contributed by atoms with van der Waals surface area (Å²) in [5.74, 6) is 2.39. The van der Waals surface area contributed by atoms with E-state index < -0.39 is 0 Å². The highest BCUT2D eigenvalue weighted by atomic mass is 127. The topological polar surface area (TPSA) is 65.7 Å². The lowest BCUT2D eigenvalue weighted by molar-refractivity contribution is 0.167. The van der Waals surface area contributed by atoms with Crippen molar-refractivity contribution < 1.29 is 4.42 Å². The van der Waals surface area contributed by atoms with Crippen LogP contribution in [0.1, 0.15) is 44.0 Å². The molecule has 2 rings (SSSR count). The molecule has 0 unspecified atom stereocenters. The number of piperidine rings is 1. The van der Waals surface area contributed by atoms with Crippen LogP contribution in [0, 0.1) is 13.8 Å². The second-order valence-corrected chi connectivity index (χ2v) is 6.22. The second-order valence-electron chi connectivity index (χ2n) is 6.22. The van der Waals surface area contributed by atoms with Gasteiger partial charge in [0, 0.05) is 32.2 Å². The predicted octanol–water partition coefficient (Wildman–Crippen LogP) is 2.45. The van der Waals surface area contributed by atoms with Crippen molar-refractivity contribution in [3.05, 3.63) is 17.3 Å². The van der Waals surface area contributed by atoms with Gasteiger partial charge in [0.15, 0.2) is 5.96 Å². The number of rotatable bonds is 4. The number of nitrogens with one attached hydrogen (secondary N) is 2. The lowest BCUT2D eigenvalue weighted by atomic mass is 10.0. The van der Waals surface area contributed by atoms with Crippen LogP contribution < -0.4 is 10.6 Å². The number of halogens is 1. The molecule has 0 aliphatic carbocycles. The van der Waals surface area contributed by atoms with Crippen LogP contribution in [-0.4, -0.2) is 48.1 Å². The quantitative estimate of drug-likeness (QED) is 0.432. The number of hydrogen-bond donors (Lipinski definition) is 2. The van der Waals surface area contributed by atoms with Crippen LogP contribution in [0.3, 0.4) is 0 Å². The standard InChI is InChI=1S/C16H29N5O.HI/c1-11(2)21-8-6-14(7-9-21)20-16(17-5)18-10-15-19-12(3)13(4)22-15;/h11,14H,6-10H2,1-5H3,(H2,17,18,20);1H. The SMILES string of the molecule is CN=C(NCc1nc(C)c(C)o1)NC1CCN(C(C)C)CC1.I. The molecule has 0 saturated carbocycles. The molecule has 1 aromatic heterocycles. The molecule has 0 spiro atoms. The molecule has 1 aliphatic rings. The summed E-state index contributed by atoms with van der Waals surface area (Å²) in [5.41, 5.74) is 0.945. The molecule has 6 nitrogen and oxygen atoms in total. The summed E-state index contributed by atoms with van der Waals surface area (Å²) in [6, 6.07) is 1.11. The van der Waals surface area contributed by atoms with Gasteiger partial charge in [0.1, 0.15) is 5.76 Å². The van der Waals surface area contributed by atoms with Crippen LogP contribution in [-0.2, 0) is 6.54 Å². The Morgan fingerprint density at radius 2 is 2.00 bits per heavy atom. The Labute approximate surface area is 156 Å². The van der Waals surface area contributed by atoms with Gasteiger partial charge >= 0.3 is 0 Å². The van der Waals surface area contributed by atoms with Crippen molar-refractivity contribution in [3.8, 4) is 0 Å². The number of aliphatic imine (C=N–C) groups is 1. The first-order chi connectivity index (χ1) is 10.5. The van der Waals surface area contributed by atoms with E-state index in [-0.39, 0.29) is 24.0 Å². The van der Waals surface area contributed by atoms with Gasteiger partial charge < -0.3 is 20.0 Å². The largest absolute Gasteiger partial charge is 0.444 e. The van der Waals surface area contributed by atoms with E-state index in [1.54, 1.807) is 7.05 Å². The Morgan fingerprint density at radius 3 is 2.48 bits per heavy atom. The molecule has 0 aromatic carbocycles. The average molecular weight is 435 g/mol. The van der Waals surface area contributed by atoms with Gasteiger partial charge in [-0.15, -0.1) is 24.0 Å². The molecule has 1 aromatic rings. The fourth-order valence-corrected chi connectivity index (χ4v) is 2.72. The van der Waals surface area contributed by atoms with Crippen molar-refractivity contribution in [3.63, 3.8) is 0 Å². The summed E-state index contributed by atoms with van der Waals surface area (Å²) in [5, 5.41) is 6.78. The highest BCUT2D eigenvalue weighted by Crippen LogP contribution is 2.13. The van der Waals surface area contributed by atoms with Gasteiger partial charge in [0.25, 0.3) is 0 Å². The first-order valence-corrected chi connectivity index (χ1v) is 8.13. The number of nitrogens with zero attached hydrogens (tertiary/aromatic N) is 3. The van der Waals surface area contributed by atoms with Crippen molar-refractivity contribution >= 4 is 29.9 Å². The third-order valence-corrected chi connectivity index (χ3v) is 4.30. The minimum absolute atomic E-state index is 0. The summed E-state index contributed by atoms with van der Waals surface area (Å²) in [6.07, 6.45) is 2.30. The molecule has 2 heterocycles. The zero-order chi connectivity index (χ0) is 16.1. The third kappa shape index (κ3) is 5.95. The molecule has 0 amide bonds. The van der Waals surface area contributed by atoms with E-state index in [2.05, 4.69) is 39.4 Å². The van der Waals surface area contributed by atoms with Gasteiger partial charge in [0.05, 0.1) is 12.2 Å². The van der Waals surface area contributed by atoms with Crippen LogP contribution in [0.2, 0.25) is 0 Å². The molecule has 1 aliphatic heterocycles. The Hall–Kier alpha value is -0.830. The minimum Gasteiger partial charge on any atom is -0.444 e. The Balaban J connectivity index is 0.00000264. The summed E-state index contributed by atoms with van der Waals surface area (Å²) >= 11 is 0. The number of aromatic nitrogens is 1. The van der Waals surface area contributed by atoms with Crippen molar-refractivity contribution in [2.75, 3.05) is 20.1 Å². The molecule has 1 saturated heterocycles. The zero-order valence-electron chi connectivity index (χ0n) is 14.8. The summed E-state index contributed by atoms with van der Waals surface area (Å²) in [7, 11) is 1.80. The van der Waals surface area contributed by atoms with Crippen molar-refractivity contribution in [1.82, 2.24) is 20.5 Å². The van der Waals surface area contributed by atoms with Crippen LogP contribution in [0.25, 0.3) is 0 Å². The number of guanidine groups is 1. The van der Waals surface area contributed by atoms with E-state index in [1.165, 1.54) is 0 Å². The highest BCUT2D eigenvalue weighted by Gasteiger charge is 2.21. The monoisotopic (exact) mass is 435 g/mol. The molecular weight excluding hydrogens is 405 g/mol. The Bertz CT molecular complexity index is 487. The van der Waals surface area contributed by atoms with Crippen molar-refractivity contribution in [2.45, 2.75) is 59.2 Å². The van der Waals surface area contributed by atoms with Gasteiger partial charge in [-0.25, -0.2) is 4.98 Å². The van der Waals surface area contributed by atoms with E-state index in [0.717, 1.165) is 43.3 Å². The van der Waals surface area contributed by atoms with Crippen LogP contribution in [0.5, 0.6) is 0 Å². The fraction of sp³-hybridized carbons (Fsp3) is 0.750. The molecule has 0 bridgehead atoms. The summed E-state index contributed by atoms with van der Waals surface area (Å²) in [4.78, 5) is 11.2. The first-order valence-electron chi connectivity index (χ1n) is 8.13. The smallest absolute Gasteiger partial charge is 0.214 e. The maximum Gasteiger partial charge on any atom is 0.214 e. The lowest BCUT2D eigenvalue weighted by Crippen LogP contribution is -2.49. The highest BCUT2D eigenvalue weighted by molar-refractivity contribution is 14.0. The minimum atomic E-state index is 0. The fourth-order valence-electron chi connectivity index (χ4n) is 2.72. The predicted molar refractivity (Wildman–Crippen MR) is 104 cm³/mol. The third-order valence-electron chi connectivity index (χ3n) is 4.30. The van der Waals surface area contributed by atoms with Crippen molar-refractivity contribution in [2.24, 2.45) is 4.99 Å². The number of aryl methyl sites for hydroxylation is 2. The maximum atomic E-state index is 5.58. The molecular formula is C16H30IN5O. The molecule has 0 atom stereocenters. The zero-order valence-corrected chi connectivity index (χ0v) is 17.2. The van der Waals surface area contributed by atoms with E-state index in [4.69, 9.17) is 4.42 Å². The number of oxazole rings is 1. The average Bonchev–Trinajstić information content (AvgIpc) is 2.82. The van der Waals surface area contributed by atoms with Gasteiger partial charge in [-0.3, -0.25) is 4.99 Å². The van der Waals surface area contributed by atoms with Crippen LogP contribution in [0.4, 0.5) is 0 Å². The summed E-state index contributed by atoms with van der Waals surface area (Å²) in [6.45, 7) is 11.2. The van der Waals surface area contributed by atoms with Gasteiger partial charge in [-0.1, -0.05) is 0 Å². The molecule has 1 fully saturated rings. The first kappa shape index (κ1) is 20.2. The van der Waals surface area contributed by atoms with Crippen molar-refractivity contribution in [1.29, 1.82) is 0 Å². The second kappa shape index (κ2) is 9.46. The Morgan fingerprint density at radius 1 is 1.35 bits per heavy atom. The lowest BCUT2D eigenvalue weighted by Gasteiger charge is -2.35. The number of hydrogen-bond acceptors (Lipinski definition) is 4. The van der Waals surface area contributed by atoms with Crippen LogP contribution >= 0.6 is 24.0 Å². The molecule has 2 N–H and O–H groups in total. The molecule has 23 heavy (non-hydrogen) atoms.